The summed E-state index contributed by atoms with van der Waals surface area (Å²) in [6.07, 6.45) is 0. The Morgan fingerprint density at radius 3 is 2.54 bits per heavy atom. The fraction of sp³-hybridized carbons (Fsp3) is 0.400. The second-order valence-electron chi connectivity index (χ2n) is 3.47. The van der Waals surface area contributed by atoms with Crippen LogP contribution in [0.25, 0.3) is 0 Å². The Bertz CT molecular complexity index is 299. The molecule has 0 unspecified atom stereocenters. The molecule has 0 fully saturated rings. The van der Waals surface area contributed by atoms with E-state index in [0.29, 0.717) is 5.56 Å². The molecular formula is C10H14FNO. The van der Waals surface area contributed by atoms with Gasteiger partial charge in [-0.25, -0.2) is 4.39 Å². The minimum atomic E-state index is -0.371. The van der Waals surface area contributed by atoms with E-state index in [0.717, 1.165) is 0 Å². The van der Waals surface area contributed by atoms with E-state index in [2.05, 4.69) is 0 Å². The average Bonchev–Trinajstić information content (AvgIpc) is 2.08. The van der Waals surface area contributed by atoms with Gasteiger partial charge in [0.15, 0.2) is 0 Å². The molecule has 72 valence electrons. The number of phenols is 1. The fourth-order valence-electron chi connectivity index (χ4n) is 1.15. The van der Waals surface area contributed by atoms with Gasteiger partial charge in [0.2, 0.25) is 0 Å². The Balaban J connectivity index is 3.05. The molecule has 0 aromatic heterocycles. The van der Waals surface area contributed by atoms with E-state index in [1.807, 2.05) is 13.8 Å². The van der Waals surface area contributed by atoms with Crippen molar-refractivity contribution < 1.29 is 9.50 Å². The van der Waals surface area contributed by atoms with Crippen molar-refractivity contribution in [3.63, 3.8) is 0 Å². The first kappa shape index (κ1) is 9.99. The van der Waals surface area contributed by atoms with Crippen LogP contribution in [-0.4, -0.2) is 5.11 Å². The van der Waals surface area contributed by atoms with Crippen LogP contribution in [0, 0.1) is 11.7 Å². The van der Waals surface area contributed by atoms with Crippen molar-refractivity contribution in [2.45, 2.75) is 19.9 Å². The summed E-state index contributed by atoms with van der Waals surface area (Å²) in [4.78, 5) is 0. The lowest BCUT2D eigenvalue weighted by molar-refractivity contribution is 0.436. The van der Waals surface area contributed by atoms with Crippen LogP contribution in [0.3, 0.4) is 0 Å². The van der Waals surface area contributed by atoms with Crippen molar-refractivity contribution in [2.24, 2.45) is 11.7 Å². The quantitative estimate of drug-likeness (QED) is 0.738. The van der Waals surface area contributed by atoms with Crippen LogP contribution in [-0.2, 0) is 0 Å². The van der Waals surface area contributed by atoms with Gasteiger partial charge in [-0.15, -0.1) is 0 Å². The molecular weight excluding hydrogens is 169 g/mol. The first-order chi connectivity index (χ1) is 6.02. The predicted molar refractivity (Wildman–Crippen MR) is 49.8 cm³/mol. The van der Waals surface area contributed by atoms with Crippen molar-refractivity contribution in [3.8, 4) is 5.75 Å². The normalized spacial score (nSPS) is 13.3. The molecule has 1 rings (SSSR count). The number of aromatic hydroxyl groups is 1. The summed E-state index contributed by atoms with van der Waals surface area (Å²) in [7, 11) is 0. The minimum Gasteiger partial charge on any atom is -0.508 e. The standard InChI is InChI=1S/C10H14FNO/c1-6(2)10(12)8-5-7(11)3-4-9(8)13/h3-6,10,13H,12H2,1-2H3/t10-/m1/s1. The van der Waals surface area contributed by atoms with Crippen LogP contribution in [0.5, 0.6) is 5.75 Å². The molecule has 1 aromatic rings. The molecule has 0 saturated heterocycles. The molecule has 0 amide bonds. The van der Waals surface area contributed by atoms with Crippen LogP contribution >= 0.6 is 0 Å². The van der Waals surface area contributed by atoms with Gasteiger partial charge in [-0.1, -0.05) is 13.8 Å². The van der Waals surface area contributed by atoms with Crippen molar-refractivity contribution in [1.29, 1.82) is 0 Å². The van der Waals surface area contributed by atoms with Crippen LogP contribution < -0.4 is 5.73 Å². The average molecular weight is 183 g/mol. The Morgan fingerprint density at radius 2 is 2.00 bits per heavy atom. The number of halogens is 1. The van der Waals surface area contributed by atoms with Gasteiger partial charge in [0, 0.05) is 11.6 Å². The number of hydrogen-bond acceptors (Lipinski definition) is 2. The maximum Gasteiger partial charge on any atom is 0.123 e. The maximum absolute atomic E-state index is 12.8. The van der Waals surface area contributed by atoms with E-state index in [9.17, 15) is 9.50 Å². The second-order valence-corrected chi connectivity index (χ2v) is 3.47. The summed E-state index contributed by atoms with van der Waals surface area (Å²) in [5, 5.41) is 9.41. The highest BCUT2D eigenvalue weighted by Crippen LogP contribution is 2.27. The van der Waals surface area contributed by atoms with Gasteiger partial charge < -0.3 is 10.8 Å². The molecule has 0 aliphatic rings. The van der Waals surface area contributed by atoms with E-state index in [1.54, 1.807) is 0 Å². The Labute approximate surface area is 77.2 Å². The number of benzene rings is 1. The van der Waals surface area contributed by atoms with E-state index < -0.39 is 0 Å². The third kappa shape index (κ3) is 2.18. The molecule has 3 N–H and O–H groups in total. The fourth-order valence-corrected chi connectivity index (χ4v) is 1.15. The SMILES string of the molecule is CC(C)[C@@H](N)c1cc(F)ccc1O. The Kier molecular flexibility index (Phi) is 2.88. The van der Waals surface area contributed by atoms with Gasteiger partial charge in [0.25, 0.3) is 0 Å². The van der Waals surface area contributed by atoms with E-state index in [-0.39, 0.29) is 23.5 Å². The van der Waals surface area contributed by atoms with Gasteiger partial charge in [0.1, 0.15) is 11.6 Å². The van der Waals surface area contributed by atoms with Crippen LogP contribution in [0.2, 0.25) is 0 Å². The summed E-state index contributed by atoms with van der Waals surface area (Å²) >= 11 is 0. The van der Waals surface area contributed by atoms with Gasteiger partial charge >= 0.3 is 0 Å². The summed E-state index contributed by atoms with van der Waals surface area (Å²) < 4.78 is 12.8. The Hall–Kier alpha value is -1.09. The predicted octanol–water partition coefficient (Wildman–Crippen LogP) is 2.19. The molecule has 1 atom stereocenters. The number of nitrogens with two attached hydrogens (primary N) is 1. The lowest BCUT2D eigenvalue weighted by Gasteiger charge is -2.17. The minimum absolute atomic E-state index is 0.0580. The van der Waals surface area contributed by atoms with E-state index in [4.69, 9.17) is 5.73 Å². The maximum atomic E-state index is 12.8. The highest BCUT2D eigenvalue weighted by molar-refractivity contribution is 5.35. The van der Waals surface area contributed by atoms with Crippen molar-refractivity contribution in [3.05, 3.63) is 29.6 Å². The van der Waals surface area contributed by atoms with Crippen LogP contribution in [0.4, 0.5) is 4.39 Å². The van der Waals surface area contributed by atoms with Crippen LogP contribution in [0.1, 0.15) is 25.5 Å². The molecule has 0 heterocycles. The molecule has 1 aromatic carbocycles. The molecule has 0 bridgehead atoms. The molecule has 3 heteroatoms. The number of rotatable bonds is 2. The molecule has 0 spiro atoms. The van der Waals surface area contributed by atoms with Gasteiger partial charge in [-0.2, -0.15) is 0 Å². The third-order valence-electron chi connectivity index (χ3n) is 2.07. The zero-order valence-corrected chi connectivity index (χ0v) is 7.79. The van der Waals surface area contributed by atoms with Crippen molar-refractivity contribution in [2.75, 3.05) is 0 Å². The zero-order chi connectivity index (χ0) is 10.0. The molecule has 2 nitrogen and oxygen atoms in total. The number of hydrogen-bond donors (Lipinski definition) is 2. The van der Waals surface area contributed by atoms with E-state index in [1.165, 1.54) is 18.2 Å². The molecule has 0 aliphatic heterocycles. The lowest BCUT2D eigenvalue weighted by atomic mass is 9.96. The first-order valence-corrected chi connectivity index (χ1v) is 4.26. The van der Waals surface area contributed by atoms with Crippen molar-refractivity contribution >= 4 is 0 Å². The van der Waals surface area contributed by atoms with Crippen molar-refractivity contribution in [1.82, 2.24) is 0 Å². The topological polar surface area (TPSA) is 46.2 Å². The van der Waals surface area contributed by atoms with E-state index >= 15 is 0 Å². The van der Waals surface area contributed by atoms with Gasteiger partial charge in [-0.05, 0) is 24.1 Å². The smallest absolute Gasteiger partial charge is 0.123 e. The lowest BCUT2D eigenvalue weighted by Crippen LogP contribution is -2.16. The summed E-state index contributed by atoms with van der Waals surface area (Å²) in [6, 6.07) is 3.49. The van der Waals surface area contributed by atoms with Gasteiger partial charge in [-0.3, -0.25) is 0 Å². The molecule has 0 saturated carbocycles. The highest BCUT2D eigenvalue weighted by atomic mass is 19.1. The summed E-state index contributed by atoms with van der Waals surface area (Å²) in [5.41, 5.74) is 6.25. The molecule has 0 radical (unpaired) electrons. The summed E-state index contributed by atoms with van der Waals surface area (Å²) in [6.45, 7) is 3.85. The first-order valence-electron chi connectivity index (χ1n) is 4.26. The molecule has 13 heavy (non-hydrogen) atoms. The van der Waals surface area contributed by atoms with Gasteiger partial charge in [0.05, 0.1) is 0 Å². The highest BCUT2D eigenvalue weighted by Gasteiger charge is 2.14. The largest absolute Gasteiger partial charge is 0.508 e. The summed E-state index contributed by atoms with van der Waals surface area (Å²) in [5.74, 6) is -0.140. The van der Waals surface area contributed by atoms with Crippen LogP contribution in [0.15, 0.2) is 18.2 Å². The third-order valence-corrected chi connectivity index (χ3v) is 2.07. The second kappa shape index (κ2) is 3.75. The molecule has 0 aliphatic carbocycles. The Morgan fingerprint density at radius 1 is 1.38 bits per heavy atom. The zero-order valence-electron chi connectivity index (χ0n) is 7.79. The monoisotopic (exact) mass is 183 g/mol. The number of phenolic OH excluding ortho intramolecular Hbond substituents is 1.